The molecule has 0 heterocycles. The third-order valence-corrected chi connectivity index (χ3v) is 2.32. The molecule has 0 spiro atoms. The molecule has 1 aromatic carbocycles. The van der Waals surface area contributed by atoms with Crippen molar-refractivity contribution in [1.82, 2.24) is 0 Å². The molecule has 0 aliphatic carbocycles. The van der Waals surface area contributed by atoms with Crippen molar-refractivity contribution < 1.29 is 19.7 Å². The third kappa shape index (κ3) is 3.12. The van der Waals surface area contributed by atoms with E-state index in [1.165, 1.54) is 13.0 Å². The summed E-state index contributed by atoms with van der Waals surface area (Å²) in [6, 6.07) is 4.52. The van der Waals surface area contributed by atoms with Crippen LogP contribution in [0.15, 0.2) is 18.2 Å². The van der Waals surface area contributed by atoms with Crippen LogP contribution in [-0.2, 0) is 0 Å². The molecule has 0 radical (unpaired) electrons. The number of halogens is 1. The molecule has 0 aliphatic rings. The van der Waals surface area contributed by atoms with Crippen LogP contribution >= 0.6 is 11.6 Å². The molecule has 0 fully saturated rings. The van der Waals surface area contributed by atoms with Crippen molar-refractivity contribution in [3.8, 4) is 11.5 Å². The highest BCUT2D eigenvalue weighted by atomic mass is 35.5. The van der Waals surface area contributed by atoms with Crippen molar-refractivity contribution >= 4 is 17.4 Å². The Bertz CT molecular complexity index is 378. The van der Waals surface area contributed by atoms with E-state index in [4.69, 9.17) is 16.3 Å². The first-order valence-corrected chi connectivity index (χ1v) is 5.29. The molecule has 0 saturated carbocycles. The topological polar surface area (TPSA) is 66.8 Å². The zero-order valence-corrected chi connectivity index (χ0v) is 9.57. The summed E-state index contributed by atoms with van der Waals surface area (Å²) in [6.45, 7) is 1.31. The van der Waals surface area contributed by atoms with Crippen LogP contribution in [0.4, 0.5) is 0 Å². The summed E-state index contributed by atoms with van der Waals surface area (Å²) < 4.78 is 5.22. The summed E-state index contributed by atoms with van der Waals surface area (Å²) in [6.07, 6.45) is -0.802. The molecule has 0 aromatic heterocycles. The van der Waals surface area contributed by atoms with Crippen LogP contribution in [0, 0.1) is 0 Å². The van der Waals surface area contributed by atoms with Crippen molar-refractivity contribution in [2.45, 2.75) is 13.0 Å². The van der Waals surface area contributed by atoms with Gasteiger partial charge in [-0.1, -0.05) is 6.07 Å². The standard InChI is InChI=1S/C11H13ClO4/c1-7(13)11-9(15)3-2-4-10(11)16-6-8(14)5-12/h2-4,8,14-15H,5-6H2,1H3. The Morgan fingerprint density at radius 1 is 1.56 bits per heavy atom. The normalized spacial score (nSPS) is 12.2. The second kappa shape index (κ2) is 5.72. The van der Waals surface area contributed by atoms with Crippen LogP contribution in [0.3, 0.4) is 0 Å². The van der Waals surface area contributed by atoms with Gasteiger partial charge >= 0.3 is 0 Å². The molecule has 1 rings (SSSR count). The minimum atomic E-state index is -0.802. The highest BCUT2D eigenvalue weighted by molar-refractivity contribution is 6.18. The Balaban J connectivity index is 2.87. The number of carbonyl (C=O) groups excluding carboxylic acids is 1. The number of rotatable bonds is 5. The number of benzene rings is 1. The van der Waals surface area contributed by atoms with E-state index in [-0.39, 0.29) is 35.3 Å². The van der Waals surface area contributed by atoms with Gasteiger partial charge in [0.1, 0.15) is 29.8 Å². The SMILES string of the molecule is CC(=O)c1c(O)cccc1OCC(O)CCl. The van der Waals surface area contributed by atoms with Gasteiger partial charge in [-0.05, 0) is 19.1 Å². The van der Waals surface area contributed by atoms with E-state index in [9.17, 15) is 15.0 Å². The fraction of sp³-hybridized carbons (Fsp3) is 0.364. The summed E-state index contributed by atoms with van der Waals surface area (Å²) in [5.41, 5.74) is 0.115. The molecule has 1 unspecified atom stereocenters. The zero-order valence-electron chi connectivity index (χ0n) is 8.81. The van der Waals surface area contributed by atoms with Crippen molar-refractivity contribution in [3.63, 3.8) is 0 Å². The second-order valence-corrected chi connectivity index (χ2v) is 3.63. The number of aliphatic hydroxyl groups excluding tert-OH is 1. The Morgan fingerprint density at radius 3 is 2.81 bits per heavy atom. The molecule has 2 N–H and O–H groups in total. The maximum atomic E-state index is 11.3. The van der Waals surface area contributed by atoms with Crippen molar-refractivity contribution in [2.24, 2.45) is 0 Å². The maximum Gasteiger partial charge on any atom is 0.167 e. The number of Topliss-reactive ketones (excluding diaryl/α,β-unsaturated/α-hetero) is 1. The van der Waals surface area contributed by atoms with Crippen molar-refractivity contribution in [1.29, 1.82) is 0 Å². The molecule has 4 nitrogen and oxygen atoms in total. The number of hydrogen-bond acceptors (Lipinski definition) is 4. The van der Waals surface area contributed by atoms with Gasteiger partial charge in [0.2, 0.25) is 0 Å². The molecule has 1 atom stereocenters. The minimum absolute atomic E-state index is 0.0206. The van der Waals surface area contributed by atoms with Crippen LogP contribution in [0.5, 0.6) is 11.5 Å². The van der Waals surface area contributed by atoms with Crippen LogP contribution in [-0.4, -0.2) is 34.6 Å². The number of aromatic hydroxyl groups is 1. The van der Waals surface area contributed by atoms with Gasteiger partial charge in [-0.15, -0.1) is 11.6 Å². The Kier molecular flexibility index (Phi) is 4.58. The second-order valence-electron chi connectivity index (χ2n) is 3.33. The van der Waals surface area contributed by atoms with Crippen LogP contribution in [0.25, 0.3) is 0 Å². The number of ether oxygens (including phenoxy) is 1. The van der Waals surface area contributed by atoms with E-state index in [1.807, 2.05) is 0 Å². The number of carbonyl (C=O) groups is 1. The zero-order chi connectivity index (χ0) is 12.1. The number of phenolic OH excluding ortho intramolecular Hbond substituents is 1. The first-order valence-electron chi connectivity index (χ1n) is 4.76. The Morgan fingerprint density at radius 2 is 2.25 bits per heavy atom. The minimum Gasteiger partial charge on any atom is -0.507 e. The molecule has 16 heavy (non-hydrogen) atoms. The molecule has 0 bridgehead atoms. The van der Waals surface area contributed by atoms with E-state index < -0.39 is 6.10 Å². The molecule has 5 heteroatoms. The smallest absolute Gasteiger partial charge is 0.167 e. The van der Waals surface area contributed by atoms with Crippen LogP contribution < -0.4 is 4.74 Å². The third-order valence-electron chi connectivity index (χ3n) is 1.97. The number of ketones is 1. The molecular weight excluding hydrogens is 232 g/mol. The summed E-state index contributed by atoms with van der Waals surface area (Å²) in [7, 11) is 0. The van der Waals surface area contributed by atoms with Gasteiger partial charge in [0.15, 0.2) is 5.78 Å². The Hall–Kier alpha value is -1.26. The molecule has 1 aromatic rings. The van der Waals surface area contributed by atoms with Gasteiger partial charge in [0.05, 0.1) is 5.88 Å². The average Bonchev–Trinajstić information content (AvgIpc) is 2.25. The number of alkyl halides is 1. The van der Waals surface area contributed by atoms with E-state index in [0.717, 1.165) is 0 Å². The maximum absolute atomic E-state index is 11.3. The van der Waals surface area contributed by atoms with E-state index >= 15 is 0 Å². The van der Waals surface area contributed by atoms with Gasteiger partial charge in [0, 0.05) is 0 Å². The van der Waals surface area contributed by atoms with E-state index in [1.54, 1.807) is 12.1 Å². The van der Waals surface area contributed by atoms with Gasteiger partial charge in [-0.3, -0.25) is 4.79 Å². The predicted octanol–water partition coefficient (Wildman–Crippen LogP) is 1.57. The quantitative estimate of drug-likeness (QED) is 0.610. The monoisotopic (exact) mass is 244 g/mol. The lowest BCUT2D eigenvalue weighted by Crippen LogP contribution is -2.19. The molecule has 0 aliphatic heterocycles. The van der Waals surface area contributed by atoms with Crippen molar-refractivity contribution in [2.75, 3.05) is 12.5 Å². The van der Waals surface area contributed by atoms with E-state index in [0.29, 0.717) is 0 Å². The molecule has 0 amide bonds. The first-order chi connectivity index (χ1) is 7.56. The lowest BCUT2D eigenvalue weighted by atomic mass is 10.1. The lowest BCUT2D eigenvalue weighted by molar-refractivity contribution is 0.0993. The molecular formula is C11H13ClO4. The molecule has 88 valence electrons. The fourth-order valence-electron chi connectivity index (χ4n) is 1.22. The highest BCUT2D eigenvalue weighted by Crippen LogP contribution is 2.27. The first kappa shape index (κ1) is 12.8. The number of phenols is 1. The largest absolute Gasteiger partial charge is 0.507 e. The summed E-state index contributed by atoms with van der Waals surface area (Å²) in [4.78, 5) is 11.3. The summed E-state index contributed by atoms with van der Waals surface area (Å²) in [5.74, 6) is -0.135. The van der Waals surface area contributed by atoms with Gasteiger partial charge in [-0.25, -0.2) is 0 Å². The van der Waals surface area contributed by atoms with Crippen molar-refractivity contribution in [3.05, 3.63) is 23.8 Å². The average molecular weight is 245 g/mol. The van der Waals surface area contributed by atoms with E-state index in [2.05, 4.69) is 0 Å². The predicted molar refractivity (Wildman–Crippen MR) is 60.3 cm³/mol. The lowest BCUT2D eigenvalue weighted by Gasteiger charge is -2.12. The van der Waals surface area contributed by atoms with Crippen LogP contribution in [0.2, 0.25) is 0 Å². The number of hydrogen-bond donors (Lipinski definition) is 2. The molecule has 0 saturated heterocycles. The van der Waals surface area contributed by atoms with Gasteiger partial charge in [-0.2, -0.15) is 0 Å². The fourth-order valence-corrected chi connectivity index (χ4v) is 1.31. The highest BCUT2D eigenvalue weighted by Gasteiger charge is 2.14. The van der Waals surface area contributed by atoms with Gasteiger partial charge in [0.25, 0.3) is 0 Å². The summed E-state index contributed by atoms with van der Waals surface area (Å²) in [5, 5.41) is 18.7. The Labute approximate surface area is 98.4 Å². The van der Waals surface area contributed by atoms with Gasteiger partial charge < -0.3 is 14.9 Å². The van der Waals surface area contributed by atoms with Crippen LogP contribution in [0.1, 0.15) is 17.3 Å². The summed E-state index contributed by atoms with van der Waals surface area (Å²) >= 11 is 5.41. The number of aliphatic hydroxyl groups is 1.